The zero-order valence-electron chi connectivity index (χ0n) is 15.9. The second kappa shape index (κ2) is 8.69. The Morgan fingerprint density at radius 1 is 1.12 bits per heavy atom. The number of hydrogen-bond acceptors (Lipinski definition) is 4. The summed E-state index contributed by atoms with van der Waals surface area (Å²) in [6, 6.07) is 12.3. The predicted octanol–water partition coefficient (Wildman–Crippen LogP) is 4.27. The lowest BCUT2D eigenvalue weighted by molar-refractivity contribution is 0.0488. The number of thiophene rings is 1. The van der Waals surface area contributed by atoms with Crippen molar-refractivity contribution in [3.05, 3.63) is 52.2 Å². The van der Waals surface area contributed by atoms with E-state index in [0.717, 1.165) is 30.7 Å². The molecule has 1 amide bonds. The molecule has 2 unspecified atom stereocenters. The molecule has 0 saturated heterocycles. The molecule has 2 atom stereocenters. The van der Waals surface area contributed by atoms with E-state index < -0.39 is 0 Å². The van der Waals surface area contributed by atoms with Crippen molar-refractivity contribution in [1.82, 2.24) is 9.80 Å². The summed E-state index contributed by atoms with van der Waals surface area (Å²) < 4.78 is 5.19. The number of rotatable bonds is 6. The molecule has 3 rings (SSSR count). The molecule has 5 heteroatoms. The number of ether oxygens (including phenoxy) is 1. The van der Waals surface area contributed by atoms with Gasteiger partial charge in [-0.3, -0.25) is 9.69 Å². The molecular weight excluding hydrogens is 344 g/mol. The molecule has 26 heavy (non-hydrogen) atoms. The van der Waals surface area contributed by atoms with Gasteiger partial charge in [0.15, 0.2) is 0 Å². The molecule has 1 saturated carbocycles. The van der Waals surface area contributed by atoms with E-state index in [4.69, 9.17) is 4.74 Å². The Hall–Kier alpha value is -1.85. The summed E-state index contributed by atoms with van der Waals surface area (Å²) in [5.41, 5.74) is 0.721. The molecule has 1 aromatic carbocycles. The second-order valence-corrected chi connectivity index (χ2v) is 8.09. The van der Waals surface area contributed by atoms with Crippen molar-refractivity contribution < 1.29 is 9.53 Å². The van der Waals surface area contributed by atoms with E-state index in [1.165, 1.54) is 17.7 Å². The Labute approximate surface area is 160 Å². The average Bonchev–Trinajstić information content (AvgIpc) is 3.20. The van der Waals surface area contributed by atoms with Gasteiger partial charge < -0.3 is 9.64 Å². The molecule has 0 radical (unpaired) electrons. The average molecular weight is 373 g/mol. The predicted molar refractivity (Wildman–Crippen MR) is 107 cm³/mol. The van der Waals surface area contributed by atoms with Crippen LogP contribution in [0.4, 0.5) is 0 Å². The first-order valence-electron chi connectivity index (χ1n) is 9.24. The number of methoxy groups -OCH3 is 1. The van der Waals surface area contributed by atoms with E-state index in [-0.39, 0.29) is 11.9 Å². The van der Waals surface area contributed by atoms with Crippen LogP contribution in [0.2, 0.25) is 0 Å². The van der Waals surface area contributed by atoms with Gasteiger partial charge in [-0.25, -0.2) is 0 Å². The van der Waals surface area contributed by atoms with Crippen LogP contribution >= 0.6 is 11.3 Å². The highest BCUT2D eigenvalue weighted by Crippen LogP contribution is 2.28. The zero-order valence-corrected chi connectivity index (χ0v) is 16.7. The van der Waals surface area contributed by atoms with Crippen LogP contribution in [-0.2, 0) is 6.54 Å². The molecule has 0 aliphatic heterocycles. The third-order valence-corrected chi connectivity index (χ3v) is 6.26. The first-order valence-corrected chi connectivity index (χ1v) is 10.1. The molecule has 140 valence electrons. The van der Waals surface area contributed by atoms with Gasteiger partial charge in [0.2, 0.25) is 0 Å². The van der Waals surface area contributed by atoms with Crippen molar-refractivity contribution in [2.45, 2.75) is 44.3 Å². The molecule has 4 nitrogen and oxygen atoms in total. The minimum Gasteiger partial charge on any atom is -0.497 e. The number of likely N-dealkylation sites (N-methyl/N-ethyl adjacent to an activating group) is 2. The van der Waals surface area contributed by atoms with E-state index in [0.29, 0.717) is 6.04 Å². The highest BCUT2D eigenvalue weighted by molar-refractivity contribution is 7.09. The fourth-order valence-corrected chi connectivity index (χ4v) is 4.68. The van der Waals surface area contributed by atoms with Crippen LogP contribution in [0.5, 0.6) is 5.75 Å². The monoisotopic (exact) mass is 372 g/mol. The van der Waals surface area contributed by atoms with Crippen molar-refractivity contribution >= 4 is 17.2 Å². The molecule has 0 N–H and O–H groups in total. The quantitative estimate of drug-likeness (QED) is 0.759. The number of amides is 1. The Morgan fingerprint density at radius 2 is 1.81 bits per heavy atom. The Bertz CT molecular complexity index is 699. The minimum atomic E-state index is 0.0917. The third-order valence-electron chi connectivity index (χ3n) is 5.40. The number of nitrogens with zero attached hydrogens (tertiary/aromatic N) is 2. The van der Waals surface area contributed by atoms with Crippen LogP contribution in [-0.4, -0.2) is 49.0 Å². The molecule has 2 aromatic rings. The summed E-state index contributed by atoms with van der Waals surface area (Å²) in [7, 11) is 5.78. The van der Waals surface area contributed by atoms with Gasteiger partial charge in [0.1, 0.15) is 5.75 Å². The SMILES string of the molecule is COc1ccc(C(=O)N(C)C2CCCCC2N(C)Cc2cccs2)cc1. The van der Waals surface area contributed by atoms with Gasteiger partial charge in [0.25, 0.3) is 5.91 Å². The van der Waals surface area contributed by atoms with Gasteiger partial charge in [-0.15, -0.1) is 11.3 Å². The smallest absolute Gasteiger partial charge is 0.253 e. The van der Waals surface area contributed by atoms with E-state index in [9.17, 15) is 4.79 Å². The fraction of sp³-hybridized carbons (Fsp3) is 0.476. The highest BCUT2D eigenvalue weighted by Gasteiger charge is 2.33. The van der Waals surface area contributed by atoms with Gasteiger partial charge >= 0.3 is 0 Å². The molecule has 1 aliphatic carbocycles. The van der Waals surface area contributed by atoms with Gasteiger partial charge in [-0.05, 0) is 55.6 Å². The van der Waals surface area contributed by atoms with E-state index in [1.807, 2.05) is 36.2 Å². The summed E-state index contributed by atoms with van der Waals surface area (Å²) in [4.78, 5) is 18.8. The number of carbonyl (C=O) groups excluding carboxylic acids is 1. The van der Waals surface area contributed by atoms with Crippen molar-refractivity contribution in [3.63, 3.8) is 0 Å². The maximum absolute atomic E-state index is 13.0. The first-order chi connectivity index (χ1) is 12.6. The molecule has 0 spiro atoms. The third kappa shape index (κ3) is 4.27. The molecule has 1 aromatic heterocycles. The topological polar surface area (TPSA) is 32.8 Å². The van der Waals surface area contributed by atoms with Gasteiger partial charge in [-0.2, -0.15) is 0 Å². The lowest BCUT2D eigenvalue weighted by Gasteiger charge is -2.42. The summed E-state index contributed by atoms with van der Waals surface area (Å²) >= 11 is 1.80. The van der Waals surface area contributed by atoms with Crippen LogP contribution in [0, 0.1) is 0 Å². The lowest BCUT2D eigenvalue weighted by Crippen LogP contribution is -2.52. The van der Waals surface area contributed by atoms with Crippen molar-refractivity contribution in [2.24, 2.45) is 0 Å². The van der Waals surface area contributed by atoms with Crippen molar-refractivity contribution in [3.8, 4) is 5.75 Å². The summed E-state index contributed by atoms with van der Waals surface area (Å²) in [6.45, 7) is 0.948. The van der Waals surface area contributed by atoms with E-state index in [2.05, 4.69) is 29.5 Å². The molecule has 1 heterocycles. The zero-order chi connectivity index (χ0) is 18.5. The Morgan fingerprint density at radius 3 is 2.42 bits per heavy atom. The van der Waals surface area contributed by atoms with Crippen LogP contribution in [0.15, 0.2) is 41.8 Å². The standard InChI is InChI=1S/C21H28N2O2S/c1-22(15-18-7-6-14-26-18)19-8-4-5-9-20(19)23(2)21(24)16-10-12-17(25-3)13-11-16/h6-7,10-14,19-20H,4-5,8-9,15H2,1-3H3. The molecule has 0 bridgehead atoms. The van der Waals surface area contributed by atoms with Crippen LogP contribution in [0.25, 0.3) is 0 Å². The fourth-order valence-electron chi connectivity index (χ4n) is 3.91. The maximum atomic E-state index is 13.0. The van der Waals surface area contributed by atoms with E-state index >= 15 is 0 Å². The van der Waals surface area contributed by atoms with E-state index in [1.54, 1.807) is 18.4 Å². The highest BCUT2D eigenvalue weighted by atomic mass is 32.1. The van der Waals surface area contributed by atoms with Gasteiger partial charge in [0, 0.05) is 36.1 Å². The largest absolute Gasteiger partial charge is 0.497 e. The first kappa shape index (κ1) is 18.9. The minimum absolute atomic E-state index is 0.0917. The molecular formula is C21H28N2O2S. The van der Waals surface area contributed by atoms with Crippen molar-refractivity contribution in [1.29, 1.82) is 0 Å². The summed E-state index contributed by atoms with van der Waals surface area (Å²) in [5, 5.41) is 2.13. The Balaban J connectivity index is 1.71. The van der Waals surface area contributed by atoms with Crippen LogP contribution < -0.4 is 4.74 Å². The summed E-state index contributed by atoms with van der Waals surface area (Å²) in [5.74, 6) is 0.865. The van der Waals surface area contributed by atoms with Gasteiger partial charge in [-0.1, -0.05) is 18.9 Å². The Kier molecular flexibility index (Phi) is 6.33. The number of carbonyl (C=O) groups is 1. The molecule has 1 fully saturated rings. The number of hydrogen-bond donors (Lipinski definition) is 0. The number of benzene rings is 1. The summed E-state index contributed by atoms with van der Waals surface area (Å²) in [6.07, 6.45) is 4.64. The van der Waals surface area contributed by atoms with Crippen LogP contribution in [0.3, 0.4) is 0 Å². The molecule has 1 aliphatic rings. The maximum Gasteiger partial charge on any atom is 0.253 e. The van der Waals surface area contributed by atoms with Gasteiger partial charge in [0.05, 0.1) is 7.11 Å². The van der Waals surface area contributed by atoms with Crippen molar-refractivity contribution in [2.75, 3.05) is 21.2 Å². The van der Waals surface area contributed by atoms with Crippen LogP contribution in [0.1, 0.15) is 40.9 Å². The second-order valence-electron chi connectivity index (χ2n) is 7.06. The lowest BCUT2D eigenvalue weighted by atomic mass is 9.88. The normalized spacial score (nSPS) is 20.2.